The number of thiazole rings is 1. The molecule has 1 unspecified atom stereocenters. The van der Waals surface area contributed by atoms with E-state index >= 15 is 0 Å². The molecule has 0 fully saturated rings. The fourth-order valence-corrected chi connectivity index (χ4v) is 5.90. The van der Waals surface area contributed by atoms with Gasteiger partial charge in [0, 0.05) is 18.3 Å². The molecule has 0 radical (unpaired) electrons. The predicted octanol–water partition coefficient (Wildman–Crippen LogP) is 3.91. The van der Waals surface area contributed by atoms with Crippen LogP contribution in [-0.2, 0) is 16.4 Å². The number of sulfonamides is 1. The number of nitrogens with zero attached hydrogens (tertiary/aromatic N) is 2. The van der Waals surface area contributed by atoms with Crippen molar-refractivity contribution in [1.29, 1.82) is 0 Å². The molecular formula is C22H29N3O3S2. The van der Waals surface area contributed by atoms with Crippen molar-refractivity contribution in [1.82, 2.24) is 9.29 Å². The Hall–Kier alpha value is -2.00. The first-order valence-electron chi connectivity index (χ1n) is 10.1. The Morgan fingerprint density at radius 3 is 2.63 bits per heavy atom. The molecule has 0 saturated carbocycles. The first-order chi connectivity index (χ1) is 14.3. The number of para-hydroxylation sites is 1. The second kappa shape index (κ2) is 9.87. The second-order valence-corrected chi connectivity index (χ2v) is 10.6. The largest absolute Gasteiger partial charge is 0.399 e. The van der Waals surface area contributed by atoms with Crippen molar-refractivity contribution in [3.8, 4) is 0 Å². The number of aliphatic hydroxyl groups excluding tert-OH is 1. The molecule has 0 saturated heterocycles. The number of aromatic nitrogens is 1. The van der Waals surface area contributed by atoms with E-state index in [-0.39, 0.29) is 11.5 Å². The third-order valence-corrected chi connectivity index (χ3v) is 8.00. The molecule has 30 heavy (non-hydrogen) atoms. The van der Waals surface area contributed by atoms with E-state index in [1.165, 1.54) is 15.6 Å². The molecule has 3 N–H and O–H groups in total. The zero-order valence-corrected chi connectivity index (χ0v) is 19.0. The maximum absolute atomic E-state index is 13.6. The summed E-state index contributed by atoms with van der Waals surface area (Å²) in [6, 6.07) is 12.0. The fourth-order valence-electron chi connectivity index (χ4n) is 3.43. The Kier molecular flexibility index (Phi) is 7.46. The van der Waals surface area contributed by atoms with Crippen molar-refractivity contribution in [2.75, 3.05) is 18.9 Å². The van der Waals surface area contributed by atoms with Gasteiger partial charge in [0.1, 0.15) is 0 Å². The van der Waals surface area contributed by atoms with Crippen LogP contribution < -0.4 is 5.73 Å². The lowest BCUT2D eigenvalue weighted by Gasteiger charge is -2.30. The van der Waals surface area contributed by atoms with Crippen molar-refractivity contribution in [3.05, 3.63) is 53.5 Å². The molecular weight excluding hydrogens is 418 g/mol. The Labute approximate surface area is 182 Å². The molecule has 1 atom stereocenters. The minimum atomic E-state index is -3.77. The van der Waals surface area contributed by atoms with Crippen LogP contribution in [0.3, 0.4) is 0 Å². The predicted molar refractivity (Wildman–Crippen MR) is 123 cm³/mol. The maximum Gasteiger partial charge on any atom is 0.243 e. The highest BCUT2D eigenvalue weighted by Crippen LogP contribution is 2.27. The van der Waals surface area contributed by atoms with Crippen molar-refractivity contribution in [2.24, 2.45) is 5.92 Å². The van der Waals surface area contributed by atoms with E-state index in [9.17, 15) is 13.5 Å². The Bertz CT molecular complexity index is 1080. The van der Waals surface area contributed by atoms with Crippen LogP contribution in [0.25, 0.3) is 10.2 Å². The molecule has 3 aromatic rings. The summed E-state index contributed by atoms with van der Waals surface area (Å²) in [6.07, 6.45) is 1.80. The van der Waals surface area contributed by atoms with Gasteiger partial charge in [-0.05, 0) is 55.0 Å². The van der Waals surface area contributed by atoms with Crippen molar-refractivity contribution in [3.63, 3.8) is 0 Å². The summed E-state index contributed by atoms with van der Waals surface area (Å²) >= 11 is 1.41. The highest BCUT2D eigenvalue weighted by Gasteiger charge is 2.31. The van der Waals surface area contributed by atoms with Gasteiger partial charge >= 0.3 is 0 Å². The second-order valence-electron chi connectivity index (χ2n) is 7.85. The van der Waals surface area contributed by atoms with E-state index in [0.717, 1.165) is 15.8 Å². The van der Waals surface area contributed by atoms with Gasteiger partial charge in [-0.2, -0.15) is 4.31 Å². The van der Waals surface area contributed by atoms with Crippen molar-refractivity contribution in [2.45, 2.75) is 44.0 Å². The van der Waals surface area contributed by atoms with Crippen molar-refractivity contribution >= 4 is 37.3 Å². The number of nitrogens with two attached hydrogens (primary N) is 1. The van der Waals surface area contributed by atoms with Gasteiger partial charge in [0.25, 0.3) is 0 Å². The number of benzene rings is 2. The van der Waals surface area contributed by atoms with Gasteiger partial charge in [-0.15, -0.1) is 11.3 Å². The summed E-state index contributed by atoms with van der Waals surface area (Å²) in [4.78, 5) is 4.46. The number of aryl methyl sites for hydroxylation is 1. The Morgan fingerprint density at radius 2 is 1.93 bits per heavy atom. The molecule has 162 valence electrons. The lowest BCUT2D eigenvalue weighted by Crippen LogP contribution is -2.43. The zero-order valence-electron chi connectivity index (χ0n) is 17.4. The van der Waals surface area contributed by atoms with Gasteiger partial charge in [-0.25, -0.2) is 13.4 Å². The highest BCUT2D eigenvalue weighted by atomic mass is 32.2. The van der Waals surface area contributed by atoms with Gasteiger partial charge in [-0.1, -0.05) is 32.0 Å². The van der Waals surface area contributed by atoms with E-state index in [4.69, 9.17) is 5.73 Å². The summed E-state index contributed by atoms with van der Waals surface area (Å²) in [5.41, 5.74) is 10.2. The van der Waals surface area contributed by atoms with Gasteiger partial charge in [0.2, 0.25) is 10.0 Å². The van der Waals surface area contributed by atoms with Crippen molar-refractivity contribution < 1.29 is 13.5 Å². The molecule has 0 amide bonds. The smallest absolute Gasteiger partial charge is 0.243 e. The molecule has 8 heteroatoms. The van der Waals surface area contributed by atoms with Crippen LogP contribution >= 0.6 is 11.3 Å². The number of hydrogen-bond acceptors (Lipinski definition) is 6. The lowest BCUT2D eigenvalue weighted by atomic mass is 10.0. The summed E-state index contributed by atoms with van der Waals surface area (Å²) in [5.74, 6) is 0.343. The van der Waals surface area contributed by atoms with Gasteiger partial charge < -0.3 is 10.8 Å². The van der Waals surface area contributed by atoms with Crippen LogP contribution in [0.2, 0.25) is 0 Å². The Morgan fingerprint density at radius 1 is 1.17 bits per heavy atom. The molecule has 0 bridgehead atoms. The third kappa shape index (κ3) is 5.18. The average Bonchev–Trinajstić information content (AvgIpc) is 3.19. The number of fused-ring (bicyclic) bond motifs is 1. The standard InChI is InChI=1S/C22H29N3O3S2/c1-16(2)11-12-25(18(14-26)8-7-17-5-3-4-6-20(17)23)30(27,28)19-9-10-21-22(13-19)29-15-24-21/h3-6,9-10,13,15-16,18,26H,7-8,11-12,14,23H2,1-2H3. The summed E-state index contributed by atoms with van der Waals surface area (Å²) in [6.45, 7) is 4.24. The molecule has 1 heterocycles. The van der Waals surface area contributed by atoms with Crippen LogP contribution in [0.5, 0.6) is 0 Å². The average molecular weight is 448 g/mol. The van der Waals surface area contributed by atoms with Crippen LogP contribution in [0, 0.1) is 5.92 Å². The fraction of sp³-hybridized carbons (Fsp3) is 0.409. The van der Waals surface area contributed by atoms with Crippen LogP contribution in [0.15, 0.2) is 52.9 Å². The van der Waals surface area contributed by atoms with E-state index in [0.29, 0.717) is 37.4 Å². The molecule has 0 aliphatic rings. The molecule has 3 rings (SSSR count). The number of hydrogen-bond donors (Lipinski definition) is 2. The molecule has 0 spiro atoms. The number of aliphatic hydroxyl groups is 1. The van der Waals surface area contributed by atoms with E-state index in [2.05, 4.69) is 18.8 Å². The van der Waals surface area contributed by atoms with Gasteiger partial charge in [-0.3, -0.25) is 0 Å². The van der Waals surface area contributed by atoms with Crippen LogP contribution in [0.1, 0.15) is 32.3 Å². The molecule has 6 nitrogen and oxygen atoms in total. The van der Waals surface area contributed by atoms with Crippen LogP contribution in [0.4, 0.5) is 5.69 Å². The van der Waals surface area contributed by atoms with Gasteiger partial charge in [0.15, 0.2) is 0 Å². The lowest BCUT2D eigenvalue weighted by molar-refractivity contribution is 0.175. The van der Waals surface area contributed by atoms with Gasteiger partial charge in [0.05, 0.1) is 27.2 Å². The van der Waals surface area contributed by atoms with Crippen LogP contribution in [-0.4, -0.2) is 42.0 Å². The minimum Gasteiger partial charge on any atom is -0.399 e. The molecule has 2 aromatic carbocycles. The normalized spacial score (nSPS) is 13.4. The third-order valence-electron chi connectivity index (χ3n) is 5.26. The van der Waals surface area contributed by atoms with E-state index in [1.54, 1.807) is 23.7 Å². The monoisotopic (exact) mass is 447 g/mol. The quantitative estimate of drug-likeness (QED) is 0.459. The first-order valence-corrected chi connectivity index (χ1v) is 12.4. The number of nitrogen functional groups attached to an aromatic ring is 1. The first kappa shape index (κ1) is 22.7. The van der Waals surface area contributed by atoms with E-state index < -0.39 is 16.1 Å². The topological polar surface area (TPSA) is 96.5 Å². The number of anilines is 1. The Balaban J connectivity index is 1.89. The number of rotatable bonds is 10. The summed E-state index contributed by atoms with van der Waals surface area (Å²) in [7, 11) is -3.77. The minimum absolute atomic E-state index is 0.237. The molecule has 0 aliphatic heterocycles. The SMILES string of the molecule is CC(C)CCN(C(CO)CCc1ccccc1N)S(=O)(=O)c1ccc2ncsc2c1. The molecule has 1 aromatic heterocycles. The summed E-state index contributed by atoms with van der Waals surface area (Å²) in [5, 5.41) is 10.1. The zero-order chi connectivity index (χ0) is 21.7. The highest BCUT2D eigenvalue weighted by molar-refractivity contribution is 7.89. The molecule has 0 aliphatic carbocycles. The van der Waals surface area contributed by atoms with E-state index in [1.807, 2.05) is 24.3 Å². The summed E-state index contributed by atoms with van der Waals surface area (Å²) < 4.78 is 29.4. The maximum atomic E-state index is 13.6.